The maximum Gasteiger partial charge on any atom is 0.186 e. The molecule has 1 aliphatic heterocycles. The fourth-order valence-electron chi connectivity index (χ4n) is 2.26. The number of hydrogen-bond acceptors (Lipinski definition) is 4. The Hall–Kier alpha value is -0.610. The molecular formula is C14H25N3S. The van der Waals surface area contributed by atoms with Gasteiger partial charge in [-0.1, -0.05) is 0 Å². The van der Waals surface area contributed by atoms with Crippen molar-refractivity contribution in [1.29, 1.82) is 0 Å². The molecule has 0 saturated carbocycles. The number of thiazole rings is 1. The first-order valence-corrected chi connectivity index (χ1v) is 7.66. The summed E-state index contributed by atoms with van der Waals surface area (Å²) in [7, 11) is 0. The molecule has 0 aliphatic carbocycles. The van der Waals surface area contributed by atoms with E-state index in [1.165, 1.54) is 35.1 Å². The Balaban J connectivity index is 2.07. The molecule has 2 heterocycles. The van der Waals surface area contributed by atoms with Gasteiger partial charge < -0.3 is 10.2 Å². The average molecular weight is 267 g/mol. The number of anilines is 1. The van der Waals surface area contributed by atoms with Crippen LogP contribution in [0.15, 0.2) is 0 Å². The molecule has 1 N–H and O–H groups in total. The fourth-order valence-corrected chi connectivity index (χ4v) is 3.39. The van der Waals surface area contributed by atoms with Crippen molar-refractivity contribution in [3.05, 3.63) is 10.6 Å². The minimum absolute atomic E-state index is 0.164. The molecule has 1 aromatic rings. The lowest BCUT2D eigenvalue weighted by Gasteiger charge is -2.20. The Labute approximate surface area is 115 Å². The zero-order chi connectivity index (χ0) is 13.3. The number of nitrogens with one attached hydrogen (secondary N) is 1. The summed E-state index contributed by atoms with van der Waals surface area (Å²) in [4.78, 5) is 8.58. The van der Waals surface area contributed by atoms with Crippen LogP contribution in [0.25, 0.3) is 0 Å². The van der Waals surface area contributed by atoms with Gasteiger partial charge in [-0.3, -0.25) is 0 Å². The van der Waals surface area contributed by atoms with Crippen LogP contribution >= 0.6 is 11.3 Å². The fraction of sp³-hybridized carbons (Fsp3) is 0.786. The summed E-state index contributed by atoms with van der Waals surface area (Å²) >= 11 is 1.85. The summed E-state index contributed by atoms with van der Waals surface area (Å²) in [6, 6.07) is 0.652. The quantitative estimate of drug-likeness (QED) is 0.910. The minimum atomic E-state index is 0.164. The van der Waals surface area contributed by atoms with E-state index in [9.17, 15) is 0 Å². The molecule has 0 amide bonds. The number of nitrogens with zero attached hydrogens (tertiary/aromatic N) is 2. The van der Waals surface area contributed by atoms with Crippen molar-refractivity contribution in [2.45, 2.75) is 65.6 Å². The molecule has 1 unspecified atom stereocenters. The van der Waals surface area contributed by atoms with Gasteiger partial charge in [0.25, 0.3) is 0 Å². The Kier molecular flexibility index (Phi) is 3.97. The smallest absolute Gasteiger partial charge is 0.186 e. The summed E-state index contributed by atoms with van der Waals surface area (Å²) in [5.41, 5.74) is 1.35. The highest BCUT2D eigenvalue weighted by Crippen LogP contribution is 2.31. The normalized spacial score (nSPS) is 20.7. The minimum Gasteiger partial charge on any atom is -0.345 e. The first-order valence-electron chi connectivity index (χ1n) is 6.85. The molecule has 0 spiro atoms. The molecule has 1 fully saturated rings. The number of aryl methyl sites for hydroxylation is 1. The van der Waals surface area contributed by atoms with Crippen LogP contribution < -0.4 is 10.2 Å². The van der Waals surface area contributed by atoms with Gasteiger partial charge in [-0.05, 0) is 47.5 Å². The van der Waals surface area contributed by atoms with Crippen LogP contribution in [0.4, 0.5) is 5.13 Å². The molecule has 0 bridgehead atoms. The van der Waals surface area contributed by atoms with Gasteiger partial charge in [0.2, 0.25) is 0 Å². The van der Waals surface area contributed by atoms with E-state index in [-0.39, 0.29) is 5.54 Å². The summed E-state index contributed by atoms with van der Waals surface area (Å²) in [5, 5.41) is 4.76. The van der Waals surface area contributed by atoms with Gasteiger partial charge in [0.05, 0.1) is 5.69 Å². The molecule has 0 aromatic carbocycles. The molecule has 2 rings (SSSR count). The molecule has 1 saturated heterocycles. The van der Waals surface area contributed by atoms with Crippen LogP contribution in [-0.4, -0.2) is 23.1 Å². The van der Waals surface area contributed by atoms with E-state index in [0.29, 0.717) is 6.04 Å². The van der Waals surface area contributed by atoms with Crippen LogP contribution in [0.3, 0.4) is 0 Å². The second-order valence-electron chi connectivity index (χ2n) is 6.29. The van der Waals surface area contributed by atoms with Gasteiger partial charge in [0, 0.05) is 29.5 Å². The third-order valence-corrected chi connectivity index (χ3v) is 4.65. The van der Waals surface area contributed by atoms with Gasteiger partial charge in [-0.25, -0.2) is 4.98 Å². The van der Waals surface area contributed by atoms with Crippen LogP contribution in [-0.2, 0) is 6.54 Å². The van der Waals surface area contributed by atoms with E-state index < -0.39 is 0 Å². The van der Waals surface area contributed by atoms with Crippen molar-refractivity contribution in [3.63, 3.8) is 0 Å². The lowest BCUT2D eigenvalue weighted by atomic mass is 10.1. The lowest BCUT2D eigenvalue weighted by molar-refractivity contribution is 0.425. The second-order valence-corrected chi connectivity index (χ2v) is 7.36. The largest absolute Gasteiger partial charge is 0.345 e. The Bertz CT molecular complexity index is 406. The first-order chi connectivity index (χ1) is 8.37. The summed E-state index contributed by atoms with van der Waals surface area (Å²) in [6.45, 7) is 13.1. The highest BCUT2D eigenvalue weighted by molar-refractivity contribution is 7.15. The predicted molar refractivity (Wildman–Crippen MR) is 79.5 cm³/mol. The van der Waals surface area contributed by atoms with Crippen LogP contribution in [0.5, 0.6) is 0 Å². The lowest BCUT2D eigenvalue weighted by Crippen LogP contribution is -2.34. The number of rotatable bonds is 3. The maximum atomic E-state index is 4.75. The van der Waals surface area contributed by atoms with Gasteiger partial charge in [-0.15, -0.1) is 11.3 Å². The van der Waals surface area contributed by atoms with E-state index >= 15 is 0 Å². The van der Waals surface area contributed by atoms with Crippen molar-refractivity contribution in [1.82, 2.24) is 10.3 Å². The van der Waals surface area contributed by atoms with Crippen molar-refractivity contribution < 1.29 is 0 Å². The van der Waals surface area contributed by atoms with Gasteiger partial charge in [-0.2, -0.15) is 0 Å². The van der Waals surface area contributed by atoms with Crippen LogP contribution in [0.2, 0.25) is 0 Å². The Morgan fingerprint density at radius 2 is 2.17 bits per heavy atom. The van der Waals surface area contributed by atoms with E-state index in [4.69, 9.17) is 4.98 Å². The van der Waals surface area contributed by atoms with Crippen molar-refractivity contribution in [2.75, 3.05) is 11.4 Å². The van der Waals surface area contributed by atoms with Gasteiger partial charge in [0.15, 0.2) is 5.13 Å². The third-order valence-electron chi connectivity index (χ3n) is 3.46. The molecule has 18 heavy (non-hydrogen) atoms. The highest BCUT2D eigenvalue weighted by Gasteiger charge is 2.24. The SMILES string of the molecule is Cc1nc(N2CCCC2C)sc1CNC(C)(C)C. The molecule has 1 aliphatic rings. The molecule has 1 atom stereocenters. The standard InChI is InChI=1S/C14H25N3S/c1-10-7-6-8-17(10)13-16-11(2)12(18-13)9-15-14(3,4)5/h10,15H,6-9H2,1-5H3. The highest BCUT2D eigenvalue weighted by atomic mass is 32.1. The molecule has 1 aromatic heterocycles. The Morgan fingerprint density at radius 1 is 1.44 bits per heavy atom. The number of aromatic nitrogens is 1. The average Bonchev–Trinajstić information content (AvgIpc) is 2.81. The molecular weight excluding hydrogens is 242 g/mol. The third kappa shape index (κ3) is 3.23. The van der Waals surface area contributed by atoms with E-state index in [1.54, 1.807) is 0 Å². The van der Waals surface area contributed by atoms with Gasteiger partial charge in [0.1, 0.15) is 0 Å². The van der Waals surface area contributed by atoms with E-state index in [0.717, 1.165) is 6.54 Å². The number of hydrogen-bond donors (Lipinski definition) is 1. The van der Waals surface area contributed by atoms with Gasteiger partial charge >= 0.3 is 0 Å². The summed E-state index contributed by atoms with van der Waals surface area (Å²) in [6.07, 6.45) is 2.60. The summed E-state index contributed by atoms with van der Waals surface area (Å²) in [5.74, 6) is 0. The molecule has 0 radical (unpaired) electrons. The van der Waals surface area contributed by atoms with E-state index in [1.807, 2.05) is 11.3 Å². The van der Waals surface area contributed by atoms with Crippen molar-refractivity contribution >= 4 is 16.5 Å². The monoisotopic (exact) mass is 267 g/mol. The topological polar surface area (TPSA) is 28.2 Å². The molecule has 4 heteroatoms. The second kappa shape index (κ2) is 5.17. The van der Waals surface area contributed by atoms with Crippen molar-refractivity contribution in [2.24, 2.45) is 0 Å². The van der Waals surface area contributed by atoms with Crippen LogP contribution in [0, 0.1) is 6.92 Å². The predicted octanol–water partition coefficient (Wildman–Crippen LogP) is 3.33. The molecule has 102 valence electrons. The zero-order valence-corrected chi connectivity index (χ0v) is 13.0. The summed E-state index contributed by atoms with van der Waals surface area (Å²) < 4.78 is 0. The zero-order valence-electron chi connectivity index (χ0n) is 12.2. The van der Waals surface area contributed by atoms with E-state index in [2.05, 4.69) is 44.8 Å². The van der Waals surface area contributed by atoms with Crippen LogP contribution in [0.1, 0.15) is 51.1 Å². The Morgan fingerprint density at radius 3 is 2.72 bits per heavy atom. The van der Waals surface area contributed by atoms with Crippen molar-refractivity contribution in [3.8, 4) is 0 Å². The maximum absolute atomic E-state index is 4.75. The molecule has 3 nitrogen and oxygen atoms in total. The first kappa shape index (κ1) is 13.8.